The van der Waals surface area contributed by atoms with Gasteiger partial charge < -0.3 is 25.8 Å². The molecule has 4 saturated carbocycles. The number of hydrogen-bond acceptors (Lipinski definition) is 6. The lowest BCUT2D eigenvalue weighted by atomic mass is 9.62. The minimum atomic E-state index is -0.993. The van der Waals surface area contributed by atoms with Crippen molar-refractivity contribution < 1.29 is 10.2 Å². The second-order valence-electron chi connectivity index (χ2n) is 13.0. The van der Waals surface area contributed by atoms with Gasteiger partial charge in [0.2, 0.25) is 0 Å². The van der Waals surface area contributed by atoms with Crippen LogP contribution < -0.4 is 10.6 Å². The number of aromatic amines is 1. The van der Waals surface area contributed by atoms with E-state index in [1.807, 2.05) is 12.3 Å². The van der Waals surface area contributed by atoms with Crippen molar-refractivity contribution in [2.24, 2.45) is 35.3 Å². The molecule has 0 radical (unpaired) electrons. The molecule has 0 amide bonds. The van der Waals surface area contributed by atoms with Crippen molar-refractivity contribution in [3.8, 4) is 0 Å². The highest BCUT2D eigenvalue weighted by atomic mass is 16.3. The van der Waals surface area contributed by atoms with Gasteiger partial charge in [0.15, 0.2) is 0 Å². The molecule has 8 unspecified atom stereocenters. The molecule has 0 aliphatic heterocycles. The zero-order valence-corrected chi connectivity index (χ0v) is 22.4. The SMILES string of the molecule is NC(CO)(C(O)CN(c1ncnc2[nH]ccc12)C1CCC2CCCCC2C1)C1CCC2CCCCC2C1. The molecule has 4 aliphatic carbocycles. The molecule has 5 N–H and O–H groups in total. The van der Waals surface area contributed by atoms with Crippen molar-refractivity contribution in [2.45, 2.75) is 108 Å². The number of aliphatic hydroxyl groups is 2. The van der Waals surface area contributed by atoms with Crippen LogP contribution in [0.15, 0.2) is 18.6 Å². The van der Waals surface area contributed by atoms with Crippen molar-refractivity contribution in [1.29, 1.82) is 0 Å². The number of nitrogens with two attached hydrogens (primary N) is 1. The van der Waals surface area contributed by atoms with Crippen molar-refractivity contribution in [1.82, 2.24) is 15.0 Å². The van der Waals surface area contributed by atoms with Crippen LogP contribution in [0.5, 0.6) is 0 Å². The third kappa shape index (κ3) is 4.92. The third-order valence-corrected chi connectivity index (χ3v) is 11.1. The van der Waals surface area contributed by atoms with Crippen LogP contribution in [-0.4, -0.2) is 56.0 Å². The highest BCUT2D eigenvalue weighted by molar-refractivity contribution is 5.87. The first-order chi connectivity index (χ1) is 18.1. The summed E-state index contributed by atoms with van der Waals surface area (Å²) in [5, 5.41) is 23.5. The van der Waals surface area contributed by atoms with Gasteiger partial charge in [-0.2, -0.15) is 0 Å². The predicted octanol–water partition coefficient (Wildman–Crippen LogP) is 4.78. The fourth-order valence-electron chi connectivity index (χ4n) is 8.85. The fraction of sp³-hybridized carbons (Fsp3) is 0.800. The van der Waals surface area contributed by atoms with Gasteiger partial charge in [-0.3, -0.25) is 0 Å². The number of hydrogen-bond donors (Lipinski definition) is 4. The van der Waals surface area contributed by atoms with E-state index in [-0.39, 0.29) is 12.5 Å². The largest absolute Gasteiger partial charge is 0.394 e. The highest BCUT2D eigenvalue weighted by Gasteiger charge is 2.47. The first-order valence-corrected chi connectivity index (χ1v) is 15.2. The van der Waals surface area contributed by atoms with Gasteiger partial charge in [-0.25, -0.2) is 9.97 Å². The summed E-state index contributed by atoms with van der Waals surface area (Å²) in [5.41, 5.74) is 6.86. The van der Waals surface area contributed by atoms with Gasteiger partial charge in [0.05, 0.1) is 23.6 Å². The fourth-order valence-corrected chi connectivity index (χ4v) is 8.85. The Bertz CT molecular complexity index is 1040. The number of fused-ring (bicyclic) bond motifs is 3. The quantitative estimate of drug-likeness (QED) is 0.427. The lowest BCUT2D eigenvalue weighted by Gasteiger charge is -2.49. The van der Waals surface area contributed by atoms with E-state index < -0.39 is 11.6 Å². The first-order valence-electron chi connectivity index (χ1n) is 15.2. The number of nitrogens with one attached hydrogen (secondary N) is 1. The molecular weight excluding hydrogens is 462 g/mol. The standard InChI is InChI=1S/C30H47N5O2/c31-30(18-36,24-11-9-20-5-1-3-7-22(20)15-24)27(37)17-35(29-26-13-14-32-28(26)33-19-34-29)25-12-10-21-6-2-4-8-23(21)16-25/h13-14,19-25,27,36-37H,1-12,15-18,31H2,(H,32,33,34). The van der Waals surface area contributed by atoms with Crippen molar-refractivity contribution in [3.63, 3.8) is 0 Å². The van der Waals surface area contributed by atoms with Gasteiger partial charge in [0.1, 0.15) is 17.8 Å². The minimum Gasteiger partial charge on any atom is -0.394 e. The van der Waals surface area contributed by atoms with Crippen LogP contribution in [0.4, 0.5) is 5.82 Å². The molecule has 0 saturated heterocycles. The molecule has 2 aromatic heterocycles. The molecule has 8 atom stereocenters. The van der Waals surface area contributed by atoms with E-state index in [0.717, 1.165) is 60.3 Å². The zero-order chi connectivity index (χ0) is 25.4. The topological polar surface area (TPSA) is 111 Å². The van der Waals surface area contributed by atoms with E-state index >= 15 is 0 Å². The average Bonchev–Trinajstić information content (AvgIpc) is 3.44. The number of aliphatic hydroxyl groups excluding tert-OH is 2. The van der Waals surface area contributed by atoms with E-state index in [1.54, 1.807) is 6.33 Å². The molecule has 2 heterocycles. The van der Waals surface area contributed by atoms with E-state index in [1.165, 1.54) is 64.2 Å². The second kappa shape index (κ2) is 10.8. The van der Waals surface area contributed by atoms with Gasteiger partial charge in [-0.15, -0.1) is 0 Å². The van der Waals surface area contributed by atoms with Crippen LogP contribution in [0, 0.1) is 29.6 Å². The Morgan fingerprint density at radius 2 is 1.59 bits per heavy atom. The summed E-state index contributed by atoms with van der Waals surface area (Å²) in [6, 6.07) is 2.36. The van der Waals surface area contributed by atoms with Gasteiger partial charge in [-0.1, -0.05) is 51.4 Å². The number of rotatable bonds is 7. The summed E-state index contributed by atoms with van der Waals surface area (Å²) in [7, 11) is 0. The van der Waals surface area contributed by atoms with Crippen LogP contribution in [0.2, 0.25) is 0 Å². The Morgan fingerprint density at radius 1 is 0.919 bits per heavy atom. The van der Waals surface area contributed by atoms with Crippen LogP contribution in [0.25, 0.3) is 11.0 Å². The Morgan fingerprint density at radius 3 is 2.32 bits per heavy atom. The second-order valence-corrected chi connectivity index (χ2v) is 13.0. The third-order valence-electron chi connectivity index (χ3n) is 11.1. The molecule has 4 aliphatic rings. The molecule has 0 aromatic carbocycles. The summed E-state index contributed by atoms with van der Waals surface area (Å²) in [6.45, 7) is 0.226. The number of anilines is 1. The summed E-state index contributed by atoms with van der Waals surface area (Å²) >= 11 is 0. The maximum atomic E-state index is 11.9. The molecule has 0 bridgehead atoms. The number of aromatic nitrogens is 3. The van der Waals surface area contributed by atoms with Crippen LogP contribution in [0.3, 0.4) is 0 Å². The van der Waals surface area contributed by atoms with Crippen molar-refractivity contribution in [3.05, 3.63) is 18.6 Å². The van der Waals surface area contributed by atoms with Gasteiger partial charge in [-0.05, 0) is 74.2 Å². The maximum Gasteiger partial charge on any atom is 0.142 e. The Balaban J connectivity index is 1.26. The predicted molar refractivity (Wildman–Crippen MR) is 147 cm³/mol. The Hall–Kier alpha value is -1.70. The first kappa shape index (κ1) is 25.6. The Kier molecular flexibility index (Phi) is 7.48. The van der Waals surface area contributed by atoms with Crippen LogP contribution >= 0.6 is 0 Å². The van der Waals surface area contributed by atoms with E-state index in [9.17, 15) is 10.2 Å². The van der Waals surface area contributed by atoms with Crippen LogP contribution in [0.1, 0.15) is 89.9 Å². The molecule has 7 nitrogen and oxygen atoms in total. The smallest absolute Gasteiger partial charge is 0.142 e. The van der Waals surface area contributed by atoms with Crippen LogP contribution in [-0.2, 0) is 0 Å². The maximum absolute atomic E-state index is 11.9. The van der Waals surface area contributed by atoms with Gasteiger partial charge in [0.25, 0.3) is 0 Å². The summed E-state index contributed by atoms with van der Waals surface area (Å²) in [4.78, 5) is 14.8. The van der Waals surface area contributed by atoms with Gasteiger partial charge in [0, 0.05) is 18.8 Å². The highest BCUT2D eigenvalue weighted by Crippen LogP contribution is 2.47. The molecule has 2 aromatic rings. The molecule has 4 fully saturated rings. The number of H-pyrrole nitrogens is 1. The van der Waals surface area contributed by atoms with E-state index in [0.29, 0.717) is 18.5 Å². The minimum absolute atomic E-state index is 0.153. The number of nitrogens with zero attached hydrogens (tertiary/aromatic N) is 3. The van der Waals surface area contributed by atoms with E-state index in [2.05, 4.69) is 14.9 Å². The normalized spacial score (nSPS) is 34.8. The summed E-state index contributed by atoms with van der Waals surface area (Å²) in [6.07, 6.45) is 20.2. The zero-order valence-electron chi connectivity index (χ0n) is 22.4. The molecule has 7 heteroatoms. The summed E-state index contributed by atoms with van der Waals surface area (Å²) in [5.74, 6) is 4.17. The van der Waals surface area contributed by atoms with Crippen molar-refractivity contribution in [2.75, 3.05) is 18.1 Å². The summed E-state index contributed by atoms with van der Waals surface area (Å²) < 4.78 is 0. The molecule has 0 spiro atoms. The Labute approximate surface area is 221 Å². The molecular formula is C30H47N5O2. The molecule has 37 heavy (non-hydrogen) atoms. The lowest BCUT2D eigenvalue weighted by Crippen LogP contribution is -2.64. The van der Waals surface area contributed by atoms with E-state index in [4.69, 9.17) is 10.7 Å². The lowest BCUT2D eigenvalue weighted by molar-refractivity contribution is -0.0222. The van der Waals surface area contributed by atoms with Gasteiger partial charge >= 0.3 is 0 Å². The monoisotopic (exact) mass is 509 g/mol. The average molecular weight is 510 g/mol. The molecule has 204 valence electrons. The molecule has 6 rings (SSSR count). The van der Waals surface area contributed by atoms with Crippen molar-refractivity contribution >= 4 is 16.9 Å².